The van der Waals surface area contributed by atoms with Crippen molar-refractivity contribution >= 4 is 59.0 Å². The first-order chi connectivity index (χ1) is 13.8. The van der Waals surface area contributed by atoms with Gasteiger partial charge in [0.05, 0.1) is 5.75 Å². The molecule has 2 aliphatic rings. The second kappa shape index (κ2) is 9.09. The molecule has 1 aromatic heterocycles. The van der Waals surface area contributed by atoms with Crippen molar-refractivity contribution in [3.05, 3.63) is 17.2 Å². The molecule has 0 bridgehead atoms. The molecule has 3 heterocycles. The minimum atomic E-state index is -1.23. The topological polar surface area (TPSA) is 163 Å². The lowest BCUT2D eigenvalue weighted by Crippen LogP contribution is -2.70. The predicted octanol–water partition coefficient (Wildman–Crippen LogP) is -0.110. The fourth-order valence-corrected chi connectivity index (χ4v) is 5.40. The van der Waals surface area contributed by atoms with Crippen molar-refractivity contribution in [2.24, 2.45) is 0 Å². The number of rotatable bonds is 9. The number of hydrogen-bond donors (Lipinski definition) is 3. The lowest BCUT2D eigenvalue weighted by atomic mass is 10.0. The van der Waals surface area contributed by atoms with E-state index < -0.39 is 35.7 Å². The molecule has 0 saturated carbocycles. The fraction of sp³-hybridized carbons (Fsp3) is 0.467. The van der Waals surface area contributed by atoms with Crippen LogP contribution >= 0.6 is 35.3 Å². The van der Waals surface area contributed by atoms with E-state index in [2.05, 4.69) is 15.5 Å². The zero-order chi connectivity index (χ0) is 21.1. The van der Waals surface area contributed by atoms with Gasteiger partial charge < -0.3 is 19.9 Å². The molecular weight excluding hydrogens is 444 g/mol. The lowest BCUT2D eigenvalue weighted by Gasteiger charge is -2.49. The summed E-state index contributed by atoms with van der Waals surface area (Å²) in [7, 11) is 0. The minimum Gasteiger partial charge on any atom is -0.481 e. The summed E-state index contributed by atoms with van der Waals surface area (Å²) in [5.74, 6) is -2.36. The number of amides is 2. The summed E-state index contributed by atoms with van der Waals surface area (Å²) in [4.78, 5) is 47.9. The van der Waals surface area contributed by atoms with E-state index in [0.717, 1.165) is 11.8 Å². The number of aromatic nitrogens is 2. The van der Waals surface area contributed by atoms with Crippen molar-refractivity contribution in [1.82, 2.24) is 20.4 Å². The van der Waals surface area contributed by atoms with Crippen molar-refractivity contribution in [2.45, 2.75) is 23.1 Å². The molecule has 2 aliphatic heterocycles. The molecule has 29 heavy (non-hydrogen) atoms. The average Bonchev–Trinajstić information content (AvgIpc) is 3.10. The molecule has 14 heteroatoms. The summed E-state index contributed by atoms with van der Waals surface area (Å²) in [6, 6.07) is -0.738. The molecule has 1 aromatic rings. The van der Waals surface area contributed by atoms with Crippen LogP contribution in [0.5, 0.6) is 0 Å². The highest BCUT2D eigenvalue weighted by atomic mass is 32.2. The van der Waals surface area contributed by atoms with Gasteiger partial charge in [-0.3, -0.25) is 19.3 Å². The highest BCUT2D eigenvalue weighted by Gasteiger charge is 2.54. The zero-order valence-electron chi connectivity index (χ0n) is 15.0. The number of aliphatic carboxylic acids is 2. The zero-order valence-corrected chi connectivity index (χ0v) is 17.4. The molecule has 2 amide bonds. The largest absolute Gasteiger partial charge is 0.481 e. The Labute approximate surface area is 177 Å². The van der Waals surface area contributed by atoms with Crippen LogP contribution in [-0.2, 0) is 25.6 Å². The minimum absolute atomic E-state index is 0.0488. The maximum atomic E-state index is 12.5. The third kappa shape index (κ3) is 4.70. The first-order valence-electron chi connectivity index (χ1n) is 8.17. The summed E-state index contributed by atoms with van der Waals surface area (Å²) in [5, 5.41) is 28.0. The molecule has 1 saturated heterocycles. The molecule has 156 valence electrons. The molecule has 0 spiro atoms. The molecule has 11 nitrogen and oxygen atoms in total. The first-order valence-corrected chi connectivity index (χ1v) is 11.6. The van der Waals surface area contributed by atoms with Gasteiger partial charge in [-0.2, -0.15) is 11.8 Å². The molecule has 3 N–H and O–H groups in total. The average molecular weight is 461 g/mol. The monoisotopic (exact) mass is 460 g/mol. The Bertz CT molecular complexity index is 887. The smallest absolute Gasteiger partial charge is 0.352 e. The molecular formula is C15H16N4O7S3. The van der Waals surface area contributed by atoms with Crippen molar-refractivity contribution in [3.8, 4) is 0 Å². The van der Waals surface area contributed by atoms with Gasteiger partial charge in [0, 0.05) is 11.5 Å². The molecule has 2 atom stereocenters. The number of carbonyl (C=O) groups is 4. The van der Waals surface area contributed by atoms with Crippen LogP contribution in [0.3, 0.4) is 0 Å². The van der Waals surface area contributed by atoms with Gasteiger partial charge in [-0.15, -0.1) is 22.0 Å². The van der Waals surface area contributed by atoms with Crippen LogP contribution in [-0.4, -0.2) is 84.0 Å². The molecule has 0 aliphatic carbocycles. The van der Waals surface area contributed by atoms with E-state index in [4.69, 9.17) is 9.52 Å². The van der Waals surface area contributed by atoms with E-state index in [1.165, 1.54) is 28.4 Å². The number of β-lactam (4-membered cyclic amide) rings is 1. The highest BCUT2D eigenvalue weighted by Crippen LogP contribution is 2.41. The van der Waals surface area contributed by atoms with Gasteiger partial charge >= 0.3 is 11.9 Å². The number of nitrogens with one attached hydrogen (secondary N) is 1. The Morgan fingerprint density at radius 3 is 2.76 bits per heavy atom. The predicted molar refractivity (Wildman–Crippen MR) is 104 cm³/mol. The summed E-state index contributed by atoms with van der Waals surface area (Å²) in [6.45, 7) is 0. The van der Waals surface area contributed by atoms with Crippen LogP contribution in [0, 0.1) is 0 Å². The van der Waals surface area contributed by atoms with Crippen molar-refractivity contribution in [1.29, 1.82) is 0 Å². The summed E-state index contributed by atoms with van der Waals surface area (Å²) in [6.07, 6.45) is 1.37. The number of carboxylic acids is 2. The Hall–Kier alpha value is -2.19. The molecule has 1 unspecified atom stereocenters. The second-order valence-corrected chi connectivity index (χ2v) is 8.86. The number of fused-ring (bicyclic) bond motifs is 1. The van der Waals surface area contributed by atoms with Crippen LogP contribution in [0.2, 0.25) is 0 Å². The third-order valence-corrected chi connectivity index (χ3v) is 6.76. The fourth-order valence-electron chi connectivity index (χ4n) is 2.79. The standard InChI is InChI=1S/C15H16N4O7S3/c1-27-5-7(20)16-10-12(23)19-11(14(24)25)6(3-28-13(10)19)4-29-15-18-17-8(26-15)2-9(21)22/h10,13H,2-5H2,1H3,(H,16,20)(H,21,22)(H,24,25)/t10?,13-/m0/s1. The molecule has 0 aromatic carbocycles. The van der Waals surface area contributed by atoms with E-state index >= 15 is 0 Å². The molecule has 0 radical (unpaired) electrons. The van der Waals surface area contributed by atoms with E-state index in [1.807, 2.05) is 0 Å². The SMILES string of the molecule is CSCC(=O)NC1C(=O)N2C(C(=O)O)=C(CSc3nnc(CC(=O)O)o3)CS[C@@H]12. The lowest BCUT2D eigenvalue weighted by molar-refractivity contribution is -0.150. The number of carbonyl (C=O) groups excluding carboxylic acids is 2. The quantitative estimate of drug-likeness (QED) is 0.331. The van der Waals surface area contributed by atoms with E-state index in [0.29, 0.717) is 11.3 Å². The summed E-state index contributed by atoms with van der Waals surface area (Å²) < 4.78 is 5.20. The van der Waals surface area contributed by atoms with Crippen molar-refractivity contribution < 1.29 is 33.8 Å². The normalized spacial score (nSPS) is 20.9. The number of thioether (sulfide) groups is 3. The Balaban J connectivity index is 1.69. The van der Waals surface area contributed by atoms with Gasteiger partial charge in [-0.1, -0.05) is 11.8 Å². The maximum Gasteiger partial charge on any atom is 0.352 e. The second-order valence-electron chi connectivity index (χ2n) is 5.97. The Morgan fingerprint density at radius 2 is 2.10 bits per heavy atom. The maximum absolute atomic E-state index is 12.5. The van der Waals surface area contributed by atoms with Crippen LogP contribution in [0.4, 0.5) is 0 Å². The van der Waals surface area contributed by atoms with Gasteiger partial charge in [-0.25, -0.2) is 4.79 Å². The van der Waals surface area contributed by atoms with Gasteiger partial charge in [0.25, 0.3) is 11.1 Å². The number of nitrogens with zero attached hydrogens (tertiary/aromatic N) is 3. The van der Waals surface area contributed by atoms with Crippen LogP contribution in [0.25, 0.3) is 0 Å². The van der Waals surface area contributed by atoms with E-state index in [1.54, 1.807) is 6.26 Å². The van der Waals surface area contributed by atoms with Crippen LogP contribution in [0.1, 0.15) is 5.89 Å². The van der Waals surface area contributed by atoms with Gasteiger partial charge in [-0.05, 0) is 11.8 Å². The summed E-state index contributed by atoms with van der Waals surface area (Å²) >= 11 is 3.76. The van der Waals surface area contributed by atoms with Crippen molar-refractivity contribution in [2.75, 3.05) is 23.5 Å². The van der Waals surface area contributed by atoms with Crippen molar-refractivity contribution in [3.63, 3.8) is 0 Å². The summed E-state index contributed by atoms with van der Waals surface area (Å²) in [5.41, 5.74) is 0.399. The van der Waals surface area contributed by atoms with Gasteiger partial charge in [0.15, 0.2) is 0 Å². The van der Waals surface area contributed by atoms with Gasteiger partial charge in [0.1, 0.15) is 23.5 Å². The first kappa shape index (κ1) is 21.5. The van der Waals surface area contributed by atoms with Gasteiger partial charge in [0.2, 0.25) is 11.8 Å². The van der Waals surface area contributed by atoms with E-state index in [-0.39, 0.29) is 34.2 Å². The number of hydrogen-bond acceptors (Lipinski definition) is 10. The van der Waals surface area contributed by atoms with Crippen LogP contribution < -0.4 is 5.32 Å². The van der Waals surface area contributed by atoms with E-state index in [9.17, 15) is 24.3 Å². The van der Waals surface area contributed by atoms with Crippen LogP contribution in [0.15, 0.2) is 20.9 Å². The third-order valence-electron chi connectivity index (χ3n) is 3.96. The Morgan fingerprint density at radius 1 is 1.34 bits per heavy atom. The number of carboxylic acid groups (broad SMARTS) is 2. The molecule has 3 rings (SSSR count). The Kier molecular flexibility index (Phi) is 6.74. The highest BCUT2D eigenvalue weighted by molar-refractivity contribution is 8.01. The molecule has 1 fully saturated rings.